The first-order valence-electron chi connectivity index (χ1n) is 7.76. The summed E-state index contributed by atoms with van der Waals surface area (Å²) in [4.78, 5) is 22.6. The lowest BCUT2D eigenvalue weighted by molar-refractivity contribution is -0.385. The molecule has 6 heteroatoms. The van der Waals surface area contributed by atoms with E-state index in [2.05, 4.69) is 16.6 Å². The number of nitro groups is 1. The molecule has 6 nitrogen and oxygen atoms in total. The van der Waals surface area contributed by atoms with Gasteiger partial charge in [0.1, 0.15) is 0 Å². The Morgan fingerprint density at radius 3 is 2.75 bits per heavy atom. The van der Waals surface area contributed by atoms with Crippen molar-refractivity contribution in [2.75, 3.05) is 0 Å². The first-order chi connectivity index (χ1) is 11.6. The summed E-state index contributed by atoms with van der Waals surface area (Å²) >= 11 is 0. The molecule has 0 unspecified atom stereocenters. The highest BCUT2D eigenvalue weighted by Gasteiger charge is 2.16. The van der Waals surface area contributed by atoms with E-state index in [9.17, 15) is 14.9 Å². The van der Waals surface area contributed by atoms with Crippen LogP contribution in [-0.4, -0.2) is 16.5 Å². The number of hydrazone groups is 1. The van der Waals surface area contributed by atoms with Gasteiger partial charge in [0.2, 0.25) is 0 Å². The summed E-state index contributed by atoms with van der Waals surface area (Å²) in [5.74, 6) is -0.372. The van der Waals surface area contributed by atoms with Crippen molar-refractivity contribution in [3.05, 3.63) is 74.8 Å². The lowest BCUT2D eigenvalue weighted by Gasteiger charge is -2.17. The summed E-state index contributed by atoms with van der Waals surface area (Å²) in [5.41, 5.74) is 6.54. The van der Waals surface area contributed by atoms with Gasteiger partial charge in [0.25, 0.3) is 11.6 Å². The Morgan fingerprint density at radius 1 is 1.21 bits per heavy atom. The van der Waals surface area contributed by atoms with Crippen LogP contribution in [0.2, 0.25) is 0 Å². The summed E-state index contributed by atoms with van der Waals surface area (Å²) in [6.07, 6.45) is 2.84. The van der Waals surface area contributed by atoms with Crippen LogP contribution in [0.5, 0.6) is 0 Å². The van der Waals surface area contributed by atoms with Crippen molar-refractivity contribution in [3.63, 3.8) is 0 Å². The van der Waals surface area contributed by atoms with E-state index < -0.39 is 4.92 Å². The molecule has 0 saturated heterocycles. The number of nitrogens with zero attached hydrogens (tertiary/aromatic N) is 2. The van der Waals surface area contributed by atoms with Gasteiger partial charge >= 0.3 is 0 Å². The van der Waals surface area contributed by atoms with Crippen molar-refractivity contribution in [3.8, 4) is 0 Å². The van der Waals surface area contributed by atoms with E-state index in [4.69, 9.17) is 0 Å². The Kier molecular flexibility index (Phi) is 4.37. The average Bonchev–Trinajstić information content (AvgIpc) is 2.59. The maximum Gasteiger partial charge on any atom is 0.272 e. The topological polar surface area (TPSA) is 84.6 Å². The normalized spacial score (nSPS) is 15.0. The van der Waals surface area contributed by atoms with Crippen molar-refractivity contribution in [2.45, 2.75) is 26.2 Å². The zero-order valence-electron chi connectivity index (χ0n) is 13.3. The van der Waals surface area contributed by atoms with E-state index in [1.807, 2.05) is 18.2 Å². The largest absolute Gasteiger partial charge is 0.272 e. The van der Waals surface area contributed by atoms with Crippen LogP contribution < -0.4 is 5.43 Å². The predicted octanol–water partition coefficient (Wildman–Crippen LogP) is 3.37. The Hall–Kier alpha value is -3.02. The number of aryl methyl sites for hydroxylation is 2. The molecule has 0 aromatic heterocycles. The lowest BCUT2D eigenvalue weighted by atomic mass is 9.90. The molecule has 0 radical (unpaired) electrons. The number of nitrogens with one attached hydrogen (secondary N) is 1. The van der Waals surface area contributed by atoms with E-state index in [0.717, 1.165) is 30.5 Å². The van der Waals surface area contributed by atoms with Gasteiger partial charge in [-0.05, 0) is 43.9 Å². The number of fused-ring (bicyclic) bond motifs is 1. The fraction of sp³-hybridized carbons (Fsp3) is 0.222. The molecule has 0 spiro atoms. The molecule has 1 N–H and O–H groups in total. The molecule has 1 amide bonds. The van der Waals surface area contributed by atoms with Gasteiger partial charge in [0.15, 0.2) is 0 Å². The molecule has 0 heterocycles. The second-order valence-corrected chi connectivity index (χ2v) is 5.77. The fourth-order valence-corrected chi connectivity index (χ4v) is 2.90. The summed E-state index contributed by atoms with van der Waals surface area (Å²) in [7, 11) is 0. The standard InChI is InChI=1S/C18H17N3O3/c1-12-11-14(9-10-17(12)21(23)24)18(22)20-19-16-8-4-6-13-5-2-3-7-15(13)16/h2-3,5,7,9-11H,4,6,8H2,1H3,(H,20,22). The van der Waals surface area contributed by atoms with Crippen LogP contribution in [-0.2, 0) is 6.42 Å². The van der Waals surface area contributed by atoms with Crippen molar-refractivity contribution >= 4 is 17.3 Å². The SMILES string of the molecule is Cc1cc(C(=O)NN=C2CCCc3ccccc32)ccc1[N+](=O)[O-]. The molecular formula is C18H17N3O3. The third-order valence-electron chi connectivity index (χ3n) is 4.14. The van der Waals surface area contributed by atoms with Crippen LogP contribution in [0.3, 0.4) is 0 Å². The number of amides is 1. The Bertz CT molecular complexity index is 843. The zero-order chi connectivity index (χ0) is 17.1. The fourth-order valence-electron chi connectivity index (χ4n) is 2.90. The third-order valence-corrected chi connectivity index (χ3v) is 4.14. The highest BCUT2D eigenvalue weighted by molar-refractivity contribution is 6.04. The van der Waals surface area contributed by atoms with Crippen molar-refractivity contribution in [1.82, 2.24) is 5.43 Å². The number of rotatable bonds is 3. The highest BCUT2D eigenvalue weighted by atomic mass is 16.6. The van der Waals surface area contributed by atoms with Gasteiger partial charge in [-0.25, -0.2) is 5.43 Å². The molecule has 0 saturated carbocycles. The molecule has 0 aliphatic heterocycles. The molecule has 2 aromatic carbocycles. The lowest BCUT2D eigenvalue weighted by Crippen LogP contribution is -2.22. The monoisotopic (exact) mass is 323 g/mol. The Labute approximate surface area is 139 Å². The second-order valence-electron chi connectivity index (χ2n) is 5.77. The van der Waals surface area contributed by atoms with Crippen molar-refractivity contribution in [1.29, 1.82) is 0 Å². The zero-order valence-corrected chi connectivity index (χ0v) is 13.3. The van der Waals surface area contributed by atoms with Crippen LogP contribution in [0.1, 0.15) is 39.9 Å². The first kappa shape index (κ1) is 15.9. The maximum atomic E-state index is 12.2. The average molecular weight is 323 g/mol. The van der Waals surface area contributed by atoms with Gasteiger partial charge < -0.3 is 0 Å². The number of hydrogen-bond acceptors (Lipinski definition) is 4. The first-order valence-corrected chi connectivity index (χ1v) is 7.76. The van der Waals surface area contributed by atoms with E-state index in [1.165, 1.54) is 23.8 Å². The minimum atomic E-state index is -0.462. The minimum absolute atomic E-state index is 0.000860. The van der Waals surface area contributed by atoms with E-state index in [-0.39, 0.29) is 11.6 Å². The smallest absolute Gasteiger partial charge is 0.267 e. The van der Waals surface area contributed by atoms with Crippen LogP contribution >= 0.6 is 0 Å². The number of hydrogen-bond donors (Lipinski definition) is 1. The summed E-state index contributed by atoms with van der Waals surface area (Å²) < 4.78 is 0. The van der Waals surface area contributed by atoms with Gasteiger partial charge in [0, 0.05) is 22.8 Å². The molecule has 0 fully saturated rings. The van der Waals surface area contributed by atoms with Gasteiger partial charge in [-0.1, -0.05) is 24.3 Å². The molecular weight excluding hydrogens is 306 g/mol. The van der Waals surface area contributed by atoms with Gasteiger partial charge in [-0.2, -0.15) is 5.10 Å². The van der Waals surface area contributed by atoms with Gasteiger partial charge in [0.05, 0.1) is 10.6 Å². The van der Waals surface area contributed by atoms with Crippen LogP contribution in [0.4, 0.5) is 5.69 Å². The number of carbonyl (C=O) groups is 1. The molecule has 3 rings (SSSR count). The van der Waals surface area contributed by atoms with Crippen molar-refractivity contribution in [2.24, 2.45) is 5.10 Å². The minimum Gasteiger partial charge on any atom is -0.267 e. The molecule has 0 atom stereocenters. The number of nitro benzene ring substituents is 1. The molecule has 24 heavy (non-hydrogen) atoms. The maximum absolute atomic E-state index is 12.2. The predicted molar refractivity (Wildman–Crippen MR) is 91.2 cm³/mol. The third kappa shape index (κ3) is 3.17. The molecule has 1 aliphatic rings. The van der Waals surface area contributed by atoms with E-state index >= 15 is 0 Å². The van der Waals surface area contributed by atoms with E-state index in [0.29, 0.717) is 11.1 Å². The molecule has 0 bridgehead atoms. The highest BCUT2D eigenvalue weighted by Crippen LogP contribution is 2.21. The quantitative estimate of drug-likeness (QED) is 0.694. The molecule has 122 valence electrons. The van der Waals surface area contributed by atoms with Gasteiger partial charge in [-0.15, -0.1) is 0 Å². The molecule has 1 aliphatic carbocycles. The summed E-state index contributed by atoms with van der Waals surface area (Å²) in [6.45, 7) is 1.61. The number of benzene rings is 2. The van der Waals surface area contributed by atoms with Crippen LogP contribution in [0.25, 0.3) is 0 Å². The Balaban J connectivity index is 1.79. The summed E-state index contributed by atoms with van der Waals surface area (Å²) in [5, 5.41) is 15.1. The molecule has 2 aromatic rings. The number of carbonyl (C=O) groups excluding carboxylic acids is 1. The van der Waals surface area contributed by atoms with Crippen molar-refractivity contribution < 1.29 is 9.72 Å². The van der Waals surface area contributed by atoms with Crippen LogP contribution in [0, 0.1) is 17.0 Å². The van der Waals surface area contributed by atoms with Gasteiger partial charge in [-0.3, -0.25) is 14.9 Å². The second kappa shape index (κ2) is 6.62. The Morgan fingerprint density at radius 2 is 2.00 bits per heavy atom. The van der Waals surface area contributed by atoms with Crippen LogP contribution in [0.15, 0.2) is 47.6 Å². The van der Waals surface area contributed by atoms with E-state index in [1.54, 1.807) is 6.92 Å². The summed E-state index contributed by atoms with van der Waals surface area (Å²) in [6, 6.07) is 12.3.